The highest BCUT2D eigenvalue weighted by Gasteiger charge is 2.30. The zero-order valence-electron chi connectivity index (χ0n) is 10.1. The number of allylic oxidation sites excluding steroid dienone is 2. The van der Waals surface area contributed by atoms with Crippen molar-refractivity contribution in [2.75, 3.05) is 6.54 Å². The molecule has 0 saturated heterocycles. The van der Waals surface area contributed by atoms with Gasteiger partial charge in [0.2, 0.25) is 0 Å². The molecule has 0 aromatic carbocycles. The Morgan fingerprint density at radius 3 is 3.00 bits per heavy atom. The number of hydrogen-bond donors (Lipinski definition) is 2. The van der Waals surface area contributed by atoms with Crippen molar-refractivity contribution in [1.82, 2.24) is 5.32 Å². The summed E-state index contributed by atoms with van der Waals surface area (Å²) in [7, 11) is 0. The van der Waals surface area contributed by atoms with Crippen molar-refractivity contribution in [2.45, 2.75) is 32.7 Å². The predicted octanol–water partition coefficient (Wildman–Crippen LogP) is 2.21. The molecule has 3 heteroatoms. The zero-order chi connectivity index (χ0) is 12.1. The summed E-state index contributed by atoms with van der Waals surface area (Å²) >= 11 is 0. The first-order valence-electron chi connectivity index (χ1n) is 5.79. The maximum atomic E-state index is 11.2. The topological polar surface area (TPSA) is 49.3 Å². The van der Waals surface area contributed by atoms with Crippen LogP contribution in [0.3, 0.4) is 0 Å². The van der Waals surface area contributed by atoms with Crippen LogP contribution in [0.15, 0.2) is 24.3 Å². The summed E-state index contributed by atoms with van der Waals surface area (Å²) < 4.78 is 0. The third-order valence-electron chi connectivity index (χ3n) is 3.05. The fourth-order valence-electron chi connectivity index (χ4n) is 2.52. The van der Waals surface area contributed by atoms with E-state index in [1.807, 2.05) is 0 Å². The van der Waals surface area contributed by atoms with Gasteiger partial charge in [0, 0.05) is 6.54 Å². The van der Waals surface area contributed by atoms with Gasteiger partial charge in [-0.3, -0.25) is 4.79 Å². The van der Waals surface area contributed by atoms with E-state index in [9.17, 15) is 9.90 Å². The van der Waals surface area contributed by atoms with Crippen LogP contribution in [0, 0.1) is 11.8 Å². The Bertz CT molecular complexity index is 296. The highest BCUT2D eigenvalue weighted by molar-refractivity contribution is 5.74. The summed E-state index contributed by atoms with van der Waals surface area (Å²) in [5.74, 6) is -0.0858. The highest BCUT2D eigenvalue weighted by Crippen LogP contribution is 2.30. The highest BCUT2D eigenvalue weighted by atomic mass is 16.4. The van der Waals surface area contributed by atoms with Crippen molar-refractivity contribution in [2.24, 2.45) is 11.8 Å². The fraction of sp³-hybridized carbons (Fsp3) is 0.615. The molecule has 0 saturated carbocycles. The molecule has 0 amide bonds. The minimum absolute atomic E-state index is 0.192. The van der Waals surface area contributed by atoms with Crippen molar-refractivity contribution in [3.8, 4) is 0 Å². The lowest BCUT2D eigenvalue weighted by molar-refractivity contribution is -0.141. The molecule has 0 bridgehead atoms. The van der Waals surface area contributed by atoms with Gasteiger partial charge in [-0.25, -0.2) is 0 Å². The number of carboxylic acid groups (broad SMARTS) is 1. The first-order valence-corrected chi connectivity index (χ1v) is 5.79. The minimum atomic E-state index is -0.756. The standard InChI is InChI=1S/C13H21NO2/c1-4-5-14-12(13(15)16)11-7-9(2)6-10(3)8-11/h4,6,9,11-12,14H,1,5,7-8H2,2-3H3,(H,15,16). The average molecular weight is 223 g/mol. The van der Waals surface area contributed by atoms with Crippen LogP contribution in [-0.4, -0.2) is 23.7 Å². The van der Waals surface area contributed by atoms with Crippen LogP contribution in [-0.2, 0) is 4.79 Å². The number of carbonyl (C=O) groups is 1. The van der Waals surface area contributed by atoms with E-state index >= 15 is 0 Å². The molecule has 1 aliphatic carbocycles. The van der Waals surface area contributed by atoms with Gasteiger partial charge in [-0.15, -0.1) is 6.58 Å². The molecule has 1 rings (SSSR count). The number of rotatable bonds is 5. The van der Waals surface area contributed by atoms with E-state index in [2.05, 4.69) is 31.8 Å². The van der Waals surface area contributed by atoms with Crippen LogP contribution in [0.2, 0.25) is 0 Å². The van der Waals surface area contributed by atoms with Crippen molar-refractivity contribution in [1.29, 1.82) is 0 Å². The second-order valence-corrected chi connectivity index (χ2v) is 4.70. The molecule has 0 spiro atoms. The molecule has 2 N–H and O–H groups in total. The third-order valence-corrected chi connectivity index (χ3v) is 3.05. The lowest BCUT2D eigenvalue weighted by Gasteiger charge is -2.30. The Kier molecular flexibility index (Phi) is 4.74. The fourth-order valence-corrected chi connectivity index (χ4v) is 2.52. The Labute approximate surface area is 97.2 Å². The molecule has 3 nitrogen and oxygen atoms in total. The first kappa shape index (κ1) is 13.0. The third kappa shape index (κ3) is 3.49. The van der Waals surface area contributed by atoms with Crippen molar-refractivity contribution < 1.29 is 9.90 Å². The van der Waals surface area contributed by atoms with Gasteiger partial charge in [-0.2, -0.15) is 0 Å². The molecule has 0 radical (unpaired) electrons. The monoisotopic (exact) mass is 223 g/mol. The van der Waals surface area contributed by atoms with E-state index < -0.39 is 12.0 Å². The van der Waals surface area contributed by atoms with Crippen LogP contribution < -0.4 is 5.32 Å². The van der Waals surface area contributed by atoms with Crippen LogP contribution in [0.4, 0.5) is 0 Å². The Balaban J connectivity index is 2.68. The van der Waals surface area contributed by atoms with Crippen molar-refractivity contribution in [3.05, 3.63) is 24.3 Å². The lowest BCUT2D eigenvalue weighted by atomic mass is 9.79. The number of aliphatic carboxylic acids is 1. The molecule has 16 heavy (non-hydrogen) atoms. The van der Waals surface area contributed by atoms with Gasteiger partial charge in [0.25, 0.3) is 0 Å². The molecule has 90 valence electrons. The zero-order valence-corrected chi connectivity index (χ0v) is 10.1. The summed E-state index contributed by atoms with van der Waals surface area (Å²) in [5.41, 5.74) is 1.30. The summed E-state index contributed by atoms with van der Waals surface area (Å²) in [6.45, 7) is 8.37. The molecule has 3 atom stereocenters. The molecule has 0 aromatic heterocycles. The van der Waals surface area contributed by atoms with Gasteiger partial charge < -0.3 is 10.4 Å². The molecule has 3 unspecified atom stereocenters. The minimum Gasteiger partial charge on any atom is -0.480 e. The number of carboxylic acids is 1. The molecule has 0 fully saturated rings. The molecule has 0 heterocycles. The second-order valence-electron chi connectivity index (χ2n) is 4.70. The summed E-state index contributed by atoms with van der Waals surface area (Å²) in [5, 5.41) is 12.2. The largest absolute Gasteiger partial charge is 0.480 e. The van der Waals surface area contributed by atoms with Gasteiger partial charge in [0.1, 0.15) is 6.04 Å². The summed E-state index contributed by atoms with van der Waals surface area (Å²) in [4.78, 5) is 11.2. The molecular formula is C13H21NO2. The quantitative estimate of drug-likeness (QED) is 0.702. The lowest BCUT2D eigenvalue weighted by Crippen LogP contribution is -2.44. The van der Waals surface area contributed by atoms with Gasteiger partial charge in [-0.05, 0) is 31.6 Å². The van der Waals surface area contributed by atoms with Crippen LogP contribution >= 0.6 is 0 Å². The van der Waals surface area contributed by atoms with E-state index in [0.29, 0.717) is 12.5 Å². The van der Waals surface area contributed by atoms with E-state index in [1.54, 1.807) is 6.08 Å². The van der Waals surface area contributed by atoms with E-state index in [0.717, 1.165) is 12.8 Å². The predicted molar refractivity (Wildman–Crippen MR) is 65.3 cm³/mol. The number of hydrogen-bond acceptors (Lipinski definition) is 2. The maximum Gasteiger partial charge on any atom is 0.321 e. The van der Waals surface area contributed by atoms with Crippen molar-refractivity contribution >= 4 is 5.97 Å². The molecule has 0 aromatic rings. The van der Waals surface area contributed by atoms with Gasteiger partial charge in [0.15, 0.2) is 0 Å². The average Bonchev–Trinajstić information content (AvgIpc) is 2.16. The molecule has 1 aliphatic rings. The molecular weight excluding hydrogens is 202 g/mol. The van der Waals surface area contributed by atoms with E-state index in [-0.39, 0.29) is 5.92 Å². The van der Waals surface area contributed by atoms with Gasteiger partial charge in [-0.1, -0.05) is 24.6 Å². The van der Waals surface area contributed by atoms with E-state index in [4.69, 9.17) is 0 Å². The van der Waals surface area contributed by atoms with E-state index in [1.165, 1.54) is 5.57 Å². The molecule has 0 aliphatic heterocycles. The second kappa shape index (κ2) is 5.85. The van der Waals surface area contributed by atoms with Crippen LogP contribution in [0.1, 0.15) is 26.7 Å². The normalized spacial score (nSPS) is 27.0. The summed E-state index contributed by atoms with van der Waals surface area (Å²) in [6.07, 6.45) is 5.76. The SMILES string of the molecule is C=CCNC(C(=O)O)C1CC(C)=CC(C)C1. The van der Waals surface area contributed by atoms with Crippen LogP contribution in [0.5, 0.6) is 0 Å². The Morgan fingerprint density at radius 1 is 1.81 bits per heavy atom. The van der Waals surface area contributed by atoms with Crippen molar-refractivity contribution in [3.63, 3.8) is 0 Å². The number of nitrogens with one attached hydrogen (secondary N) is 1. The smallest absolute Gasteiger partial charge is 0.321 e. The van der Waals surface area contributed by atoms with Gasteiger partial charge in [0.05, 0.1) is 0 Å². The first-order chi connectivity index (χ1) is 7.54. The van der Waals surface area contributed by atoms with Gasteiger partial charge >= 0.3 is 5.97 Å². The Morgan fingerprint density at radius 2 is 2.50 bits per heavy atom. The Hall–Kier alpha value is -1.09. The van der Waals surface area contributed by atoms with Crippen LogP contribution in [0.25, 0.3) is 0 Å². The summed E-state index contributed by atoms with van der Waals surface area (Å²) in [6, 6.07) is -0.455. The maximum absolute atomic E-state index is 11.2.